The summed E-state index contributed by atoms with van der Waals surface area (Å²) in [4.78, 5) is 15.7. The molecule has 20 heavy (non-hydrogen) atoms. The summed E-state index contributed by atoms with van der Waals surface area (Å²) in [7, 11) is 0. The van der Waals surface area contributed by atoms with Crippen molar-refractivity contribution in [2.45, 2.75) is 6.92 Å². The Labute approximate surface area is 125 Å². The Hall–Kier alpha value is -1.92. The number of amides is 1. The summed E-state index contributed by atoms with van der Waals surface area (Å²) >= 11 is 7.27. The first kappa shape index (κ1) is 14.5. The summed E-state index contributed by atoms with van der Waals surface area (Å²) in [6.07, 6.45) is 1.49. The minimum atomic E-state index is -0.344. The molecule has 0 saturated carbocycles. The van der Waals surface area contributed by atoms with Crippen LogP contribution in [0.4, 0.5) is 0 Å². The molecule has 2 aromatic rings. The number of benzene rings is 1. The van der Waals surface area contributed by atoms with Crippen LogP contribution in [0.3, 0.4) is 0 Å². The van der Waals surface area contributed by atoms with E-state index >= 15 is 0 Å². The highest BCUT2D eigenvalue weighted by molar-refractivity contribution is 7.09. The summed E-state index contributed by atoms with van der Waals surface area (Å²) in [5.74, 6) is 0.229. The summed E-state index contributed by atoms with van der Waals surface area (Å²) in [5.41, 5.74) is 3.08. The number of hydrazone groups is 1. The van der Waals surface area contributed by atoms with E-state index in [1.165, 1.54) is 17.6 Å². The fourth-order valence-corrected chi connectivity index (χ4v) is 2.01. The zero-order valence-electron chi connectivity index (χ0n) is 10.7. The number of carbonyl (C=O) groups is 1. The van der Waals surface area contributed by atoms with Gasteiger partial charge in [-0.3, -0.25) is 4.79 Å². The van der Waals surface area contributed by atoms with Gasteiger partial charge in [-0.2, -0.15) is 5.10 Å². The van der Waals surface area contributed by atoms with Gasteiger partial charge < -0.3 is 4.74 Å². The van der Waals surface area contributed by atoms with Crippen molar-refractivity contribution in [2.24, 2.45) is 5.10 Å². The van der Waals surface area contributed by atoms with Crippen LogP contribution >= 0.6 is 22.9 Å². The third-order valence-corrected chi connectivity index (χ3v) is 3.25. The van der Waals surface area contributed by atoms with Gasteiger partial charge >= 0.3 is 0 Å². The lowest BCUT2D eigenvalue weighted by Gasteiger charge is -2.04. The minimum Gasteiger partial charge on any atom is -0.484 e. The zero-order chi connectivity index (χ0) is 14.4. The lowest BCUT2D eigenvalue weighted by Crippen LogP contribution is -2.24. The van der Waals surface area contributed by atoms with Gasteiger partial charge in [-0.25, -0.2) is 10.4 Å². The minimum absolute atomic E-state index is 0.116. The summed E-state index contributed by atoms with van der Waals surface area (Å²) in [6.45, 7) is 1.79. The van der Waals surface area contributed by atoms with Gasteiger partial charge in [0, 0.05) is 10.4 Å². The lowest BCUT2D eigenvalue weighted by molar-refractivity contribution is -0.123. The third kappa shape index (κ3) is 4.64. The summed E-state index contributed by atoms with van der Waals surface area (Å²) in [5, 5.41) is 7.22. The highest BCUT2D eigenvalue weighted by Crippen LogP contribution is 2.15. The van der Waals surface area contributed by atoms with Crippen molar-refractivity contribution in [2.75, 3.05) is 6.61 Å². The second kappa shape index (κ2) is 7.02. The predicted octanol–water partition coefficient (Wildman–Crippen LogP) is 2.63. The number of nitrogens with zero attached hydrogens (tertiary/aromatic N) is 2. The number of aromatic nitrogens is 1. The molecule has 0 radical (unpaired) electrons. The number of hydrogen-bond donors (Lipinski definition) is 1. The molecule has 1 aromatic heterocycles. The van der Waals surface area contributed by atoms with Crippen LogP contribution in [0.15, 0.2) is 34.7 Å². The van der Waals surface area contributed by atoms with Gasteiger partial charge in [0.15, 0.2) is 6.61 Å². The van der Waals surface area contributed by atoms with E-state index in [-0.39, 0.29) is 12.5 Å². The molecule has 104 valence electrons. The van der Waals surface area contributed by atoms with Crippen molar-refractivity contribution in [1.82, 2.24) is 10.4 Å². The summed E-state index contributed by atoms with van der Waals surface area (Å²) in [6, 6.07) is 6.77. The maximum atomic E-state index is 11.5. The number of nitrogens with one attached hydrogen (secondary N) is 1. The molecule has 0 aliphatic rings. The Bertz CT molecular complexity index is 610. The zero-order valence-corrected chi connectivity index (χ0v) is 12.2. The molecule has 0 saturated heterocycles. The molecule has 1 amide bonds. The fourth-order valence-electron chi connectivity index (χ4n) is 1.32. The van der Waals surface area contributed by atoms with Gasteiger partial charge in [0.1, 0.15) is 5.75 Å². The smallest absolute Gasteiger partial charge is 0.277 e. The van der Waals surface area contributed by atoms with E-state index in [9.17, 15) is 4.79 Å². The average Bonchev–Trinajstić information content (AvgIpc) is 2.84. The highest BCUT2D eigenvalue weighted by atomic mass is 35.5. The van der Waals surface area contributed by atoms with Gasteiger partial charge in [-0.15, -0.1) is 11.3 Å². The maximum absolute atomic E-state index is 11.5. The van der Waals surface area contributed by atoms with Crippen molar-refractivity contribution in [3.63, 3.8) is 0 Å². The van der Waals surface area contributed by atoms with Gasteiger partial charge in [0.2, 0.25) is 0 Å². The Balaban J connectivity index is 1.75. The highest BCUT2D eigenvalue weighted by Gasteiger charge is 2.01. The van der Waals surface area contributed by atoms with Gasteiger partial charge in [-0.1, -0.05) is 11.6 Å². The van der Waals surface area contributed by atoms with Gasteiger partial charge in [-0.05, 0) is 31.2 Å². The molecule has 0 unspecified atom stereocenters. The van der Waals surface area contributed by atoms with Crippen molar-refractivity contribution in [1.29, 1.82) is 0 Å². The molecule has 5 nitrogen and oxygen atoms in total. The topological polar surface area (TPSA) is 63.6 Å². The molecule has 1 heterocycles. The number of halogens is 1. The van der Waals surface area contributed by atoms with E-state index in [0.717, 1.165) is 5.01 Å². The van der Waals surface area contributed by atoms with Crippen LogP contribution in [0.2, 0.25) is 5.02 Å². The van der Waals surface area contributed by atoms with Crippen LogP contribution in [0.5, 0.6) is 5.75 Å². The van der Waals surface area contributed by atoms with E-state index in [2.05, 4.69) is 15.5 Å². The largest absolute Gasteiger partial charge is 0.484 e. The fraction of sp³-hybridized carbons (Fsp3) is 0.154. The maximum Gasteiger partial charge on any atom is 0.277 e. The Kier molecular flexibility index (Phi) is 5.09. The predicted molar refractivity (Wildman–Crippen MR) is 79.5 cm³/mol. The van der Waals surface area contributed by atoms with Gasteiger partial charge in [0.05, 0.1) is 16.9 Å². The van der Waals surface area contributed by atoms with Gasteiger partial charge in [0.25, 0.3) is 5.91 Å². The molecule has 7 heteroatoms. The number of ether oxygens (including phenoxy) is 1. The monoisotopic (exact) mass is 309 g/mol. The van der Waals surface area contributed by atoms with Crippen molar-refractivity contribution in [3.8, 4) is 5.75 Å². The molecule has 0 aliphatic carbocycles. The molecule has 0 bridgehead atoms. The normalized spacial score (nSPS) is 10.7. The second-order valence-corrected chi connectivity index (χ2v) is 5.33. The van der Waals surface area contributed by atoms with Crippen LogP contribution in [-0.2, 0) is 4.79 Å². The third-order valence-electron chi connectivity index (χ3n) is 2.21. The van der Waals surface area contributed by atoms with Crippen LogP contribution in [0.25, 0.3) is 0 Å². The second-order valence-electron chi connectivity index (χ2n) is 3.83. The number of rotatable bonds is 5. The summed E-state index contributed by atoms with van der Waals surface area (Å²) < 4.78 is 5.27. The molecular formula is C13H12ClN3O2S. The Morgan fingerprint density at radius 3 is 2.90 bits per heavy atom. The molecule has 0 atom stereocenters. The van der Waals surface area contributed by atoms with Crippen molar-refractivity contribution >= 4 is 35.1 Å². The van der Waals surface area contributed by atoms with E-state index in [4.69, 9.17) is 16.3 Å². The molecule has 0 fully saturated rings. The lowest BCUT2D eigenvalue weighted by atomic mass is 10.3. The van der Waals surface area contributed by atoms with Crippen molar-refractivity contribution < 1.29 is 9.53 Å². The standard InChI is InChI=1S/C13H12ClN3O2S/c1-9-16-11(8-20-9)6-15-17-13(18)7-19-12-4-2-10(14)3-5-12/h2-6,8H,7H2,1H3,(H,17,18)/b15-6+. The first-order chi connectivity index (χ1) is 9.63. The average molecular weight is 310 g/mol. The number of aryl methyl sites for hydroxylation is 1. The molecule has 0 aliphatic heterocycles. The SMILES string of the molecule is Cc1nc(/C=N/NC(=O)COc2ccc(Cl)cc2)cs1. The molecule has 2 rings (SSSR count). The van der Waals surface area contributed by atoms with E-state index in [1.54, 1.807) is 24.3 Å². The number of carbonyl (C=O) groups excluding carboxylic acids is 1. The quantitative estimate of drug-likeness (QED) is 0.682. The van der Waals surface area contributed by atoms with Crippen molar-refractivity contribution in [3.05, 3.63) is 45.4 Å². The van der Waals surface area contributed by atoms with E-state index < -0.39 is 0 Å². The van der Waals surface area contributed by atoms with Crippen LogP contribution in [0, 0.1) is 6.92 Å². The molecule has 1 N–H and O–H groups in total. The number of hydrogen-bond acceptors (Lipinski definition) is 5. The first-order valence-electron chi connectivity index (χ1n) is 5.76. The van der Waals surface area contributed by atoms with E-state index in [1.807, 2.05) is 12.3 Å². The van der Waals surface area contributed by atoms with Crippen LogP contribution in [-0.4, -0.2) is 23.7 Å². The van der Waals surface area contributed by atoms with Crippen LogP contribution < -0.4 is 10.2 Å². The first-order valence-corrected chi connectivity index (χ1v) is 7.01. The Morgan fingerprint density at radius 1 is 1.50 bits per heavy atom. The molecule has 1 aromatic carbocycles. The number of thiazole rings is 1. The molecular weight excluding hydrogens is 298 g/mol. The Morgan fingerprint density at radius 2 is 2.25 bits per heavy atom. The van der Waals surface area contributed by atoms with Crippen LogP contribution in [0.1, 0.15) is 10.7 Å². The van der Waals surface area contributed by atoms with E-state index in [0.29, 0.717) is 16.5 Å². The molecule has 0 spiro atoms.